The van der Waals surface area contributed by atoms with Crippen molar-refractivity contribution in [3.63, 3.8) is 0 Å². The van der Waals surface area contributed by atoms with Crippen LogP contribution in [0.5, 0.6) is 5.88 Å². The van der Waals surface area contributed by atoms with Gasteiger partial charge in [0.2, 0.25) is 17.7 Å². The van der Waals surface area contributed by atoms with Crippen LogP contribution in [0.2, 0.25) is 0 Å². The number of nitrogens with two attached hydrogens (primary N) is 1. The van der Waals surface area contributed by atoms with Gasteiger partial charge in [0.15, 0.2) is 0 Å². The Morgan fingerprint density at radius 2 is 2.00 bits per heavy atom. The van der Waals surface area contributed by atoms with Crippen LogP contribution in [0.1, 0.15) is 15.9 Å². The second kappa shape index (κ2) is 6.01. The van der Waals surface area contributed by atoms with E-state index in [1.807, 2.05) is 24.1 Å². The Morgan fingerprint density at radius 3 is 2.60 bits per heavy atom. The zero-order valence-electron chi connectivity index (χ0n) is 11.4. The van der Waals surface area contributed by atoms with E-state index in [2.05, 4.69) is 9.97 Å². The molecule has 0 bridgehead atoms. The van der Waals surface area contributed by atoms with Crippen LogP contribution >= 0.6 is 0 Å². The van der Waals surface area contributed by atoms with Crippen LogP contribution in [-0.2, 0) is 6.54 Å². The first kappa shape index (κ1) is 13.8. The number of amides is 1. The number of methoxy groups -OCH3 is 1. The summed E-state index contributed by atoms with van der Waals surface area (Å²) in [6.07, 6.45) is 1.65. The van der Waals surface area contributed by atoms with E-state index >= 15 is 0 Å². The topological polar surface area (TPSA) is 81.3 Å². The molecule has 1 heterocycles. The maximum absolute atomic E-state index is 11.0. The maximum Gasteiger partial charge on any atom is 0.248 e. The molecule has 0 aliphatic carbocycles. The molecule has 0 aliphatic heterocycles. The van der Waals surface area contributed by atoms with Gasteiger partial charge in [-0.15, -0.1) is 0 Å². The fraction of sp³-hybridized carbons (Fsp3) is 0.214. The fourth-order valence-electron chi connectivity index (χ4n) is 1.75. The highest BCUT2D eigenvalue weighted by Gasteiger charge is 2.07. The number of hydrogen-bond acceptors (Lipinski definition) is 5. The summed E-state index contributed by atoms with van der Waals surface area (Å²) in [7, 11) is 3.45. The Balaban J connectivity index is 2.10. The van der Waals surface area contributed by atoms with Gasteiger partial charge in [-0.25, -0.2) is 4.98 Å². The lowest BCUT2D eigenvalue weighted by molar-refractivity contribution is 0.100. The molecule has 0 saturated heterocycles. The first-order valence-corrected chi connectivity index (χ1v) is 6.07. The zero-order valence-corrected chi connectivity index (χ0v) is 11.4. The van der Waals surface area contributed by atoms with Gasteiger partial charge in [-0.05, 0) is 17.7 Å². The van der Waals surface area contributed by atoms with Crippen LogP contribution < -0.4 is 15.4 Å². The molecule has 0 aliphatic rings. The SMILES string of the molecule is COc1ccnc(N(C)Cc2ccc(C(N)=O)cc2)n1. The van der Waals surface area contributed by atoms with Crippen LogP contribution in [0.4, 0.5) is 5.95 Å². The molecule has 2 rings (SSSR count). The summed E-state index contributed by atoms with van der Waals surface area (Å²) >= 11 is 0. The highest BCUT2D eigenvalue weighted by molar-refractivity contribution is 5.92. The fourth-order valence-corrected chi connectivity index (χ4v) is 1.75. The third-order valence-corrected chi connectivity index (χ3v) is 2.83. The van der Waals surface area contributed by atoms with Crippen LogP contribution in [0.3, 0.4) is 0 Å². The lowest BCUT2D eigenvalue weighted by Gasteiger charge is -2.17. The van der Waals surface area contributed by atoms with E-state index in [4.69, 9.17) is 10.5 Å². The lowest BCUT2D eigenvalue weighted by Crippen LogP contribution is -2.19. The van der Waals surface area contributed by atoms with Crippen LogP contribution in [0.15, 0.2) is 36.5 Å². The highest BCUT2D eigenvalue weighted by atomic mass is 16.5. The summed E-state index contributed by atoms with van der Waals surface area (Å²) in [6.45, 7) is 0.617. The van der Waals surface area contributed by atoms with Crippen molar-refractivity contribution in [1.29, 1.82) is 0 Å². The number of primary amides is 1. The quantitative estimate of drug-likeness (QED) is 0.885. The second-order valence-corrected chi connectivity index (χ2v) is 4.32. The Morgan fingerprint density at radius 1 is 1.30 bits per heavy atom. The minimum atomic E-state index is -0.430. The molecule has 0 fully saturated rings. The molecular weight excluding hydrogens is 256 g/mol. The number of nitrogens with zero attached hydrogens (tertiary/aromatic N) is 3. The minimum absolute atomic E-state index is 0.430. The molecule has 2 aromatic rings. The van der Waals surface area contributed by atoms with Crippen molar-refractivity contribution >= 4 is 11.9 Å². The van der Waals surface area contributed by atoms with Crippen molar-refractivity contribution in [1.82, 2.24) is 9.97 Å². The molecule has 0 spiro atoms. The Kier molecular flexibility index (Phi) is 4.14. The molecule has 0 atom stereocenters. The van der Waals surface area contributed by atoms with Crippen LogP contribution in [-0.4, -0.2) is 30.0 Å². The highest BCUT2D eigenvalue weighted by Crippen LogP contribution is 2.14. The van der Waals surface area contributed by atoms with Gasteiger partial charge < -0.3 is 15.4 Å². The average molecular weight is 272 g/mol. The predicted octanol–water partition coefficient (Wildman–Crippen LogP) is 1.22. The van der Waals surface area contributed by atoms with Crippen molar-refractivity contribution in [3.8, 4) is 5.88 Å². The predicted molar refractivity (Wildman–Crippen MR) is 75.7 cm³/mol. The van der Waals surface area contributed by atoms with Gasteiger partial charge in [-0.2, -0.15) is 4.98 Å². The molecular formula is C14H16N4O2. The number of hydrogen-bond donors (Lipinski definition) is 1. The normalized spacial score (nSPS) is 10.1. The number of ether oxygens (including phenoxy) is 1. The smallest absolute Gasteiger partial charge is 0.248 e. The van der Waals surface area contributed by atoms with E-state index in [1.165, 1.54) is 0 Å². The third-order valence-electron chi connectivity index (χ3n) is 2.83. The summed E-state index contributed by atoms with van der Waals surface area (Å²) in [5, 5.41) is 0. The lowest BCUT2D eigenvalue weighted by atomic mass is 10.1. The molecule has 1 aromatic heterocycles. The molecule has 0 radical (unpaired) electrons. The van der Waals surface area contributed by atoms with Gasteiger partial charge in [0.1, 0.15) is 0 Å². The third kappa shape index (κ3) is 3.23. The Bertz CT molecular complexity index is 598. The van der Waals surface area contributed by atoms with Crippen molar-refractivity contribution in [2.45, 2.75) is 6.54 Å². The van der Waals surface area contributed by atoms with E-state index in [9.17, 15) is 4.79 Å². The van der Waals surface area contributed by atoms with E-state index in [1.54, 1.807) is 31.5 Å². The summed E-state index contributed by atoms with van der Waals surface area (Å²) < 4.78 is 5.07. The number of carbonyl (C=O) groups is 1. The minimum Gasteiger partial charge on any atom is -0.481 e. The molecule has 2 N–H and O–H groups in total. The van der Waals surface area contributed by atoms with Crippen LogP contribution in [0.25, 0.3) is 0 Å². The second-order valence-electron chi connectivity index (χ2n) is 4.32. The van der Waals surface area contributed by atoms with Gasteiger partial charge in [-0.1, -0.05) is 12.1 Å². The largest absolute Gasteiger partial charge is 0.481 e. The molecule has 104 valence electrons. The van der Waals surface area contributed by atoms with E-state index in [0.717, 1.165) is 5.56 Å². The van der Waals surface area contributed by atoms with E-state index in [0.29, 0.717) is 23.9 Å². The van der Waals surface area contributed by atoms with Gasteiger partial charge in [0.05, 0.1) is 7.11 Å². The molecule has 20 heavy (non-hydrogen) atoms. The number of aromatic nitrogens is 2. The van der Waals surface area contributed by atoms with Gasteiger partial charge in [0.25, 0.3) is 0 Å². The van der Waals surface area contributed by atoms with Crippen molar-refractivity contribution in [2.75, 3.05) is 19.1 Å². The Hall–Kier alpha value is -2.63. The number of rotatable bonds is 5. The van der Waals surface area contributed by atoms with Crippen LogP contribution in [0, 0.1) is 0 Å². The Labute approximate surface area is 117 Å². The average Bonchev–Trinajstić information content (AvgIpc) is 2.47. The maximum atomic E-state index is 11.0. The van der Waals surface area contributed by atoms with Crippen molar-refractivity contribution < 1.29 is 9.53 Å². The molecule has 0 saturated carbocycles. The van der Waals surface area contributed by atoms with Gasteiger partial charge in [-0.3, -0.25) is 4.79 Å². The van der Waals surface area contributed by atoms with Gasteiger partial charge >= 0.3 is 0 Å². The molecule has 0 unspecified atom stereocenters. The first-order valence-electron chi connectivity index (χ1n) is 6.07. The monoisotopic (exact) mass is 272 g/mol. The van der Waals surface area contributed by atoms with Gasteiger partial charge in [0, 0.05) is 31.4 Å². The molecule has 6 heteroatoms. The van der Waals surface area contributed by atoms with Crippen molar-refractivity contribution in [3.05, 3.63) is 47.7 Å². The summed E-state index contributed by atoms with van der Waals surface area (Å²) in [6, 6.07) is 8.82. The standard InChI is InChI=1S/C14H16N4O2/c1-18(14-16-8-7-12(17-14)20-2)9-10-3-5-11(6-4-10)13(15)19/h3-8H,9H2,1-2H3,(H2,15,19). The summed E-state index contributed by atoms with van der Waals surface area (Å²) in [4.78, 5) is 21.3. The molecule has 6 nitrogen and oxygen atoms in total. The van der Waals surface area contributed by atoms with Crippen molar-refractivity contribution in [2.24, 2.45) is 5.73 Å². The first-order chi connectivity index (χ1) is 9.60. The molecule has 1 aromatic carbocycles. The summed E-state index contributed by atoms with van der Waals surface area (Å²) in [5.41, 5.74) is 6.73. The summed E-state index contributed by atoms with van der Waals surface area (Å²) in [5.74, 6) is 0.662. The van der Waals surface area contributed by atoms with E-state index < -0.39 is 5.91 Å². The zero-order chi connectivity index (χ0) is 14.5. The molecule has 1 amide bonds. The number of carbonyl (C=O) groups excluding carboxylic acids is 1. The van der Waals surface area contributed by atoms with E-state index in [-0.39, 0.29) is 0 Å². The number of benzene rings is 1. The number of anilines is 1.